The first kappa shape index (κ1) is 10.2. The number of hydrogen-bond donors (Lipinski definition) is 0. The van der Waals surface area contributed by atoms with Gasteiger partial charge in [0, 0.05) is 5.56 Å². The quantitative estimate of drug-likeness (QED) is 0.702. The molecule has 2 aliphatic heterocycles. The van der Waals surface area contributed by atoms with Crippen molar-refractivity contribution in [2.75, 3.05) is 0 Å². The smallest absolute Gasteiger partial charge is 0.149 e. The van der Waals surface area contributed by atoms with Crippen LogP contribution < -0.4 is 0 Å². The number of para-hydroxylation sites is 3. The molecule has 2 aromatic rings. The first-order valence-corrected chi connectivity index (χ1v) is 6.06. The Morgan fingerprint density at radius 3 is 2.16 bits per heavy atom. The largest absolute Gasteiger partial charge is 0.274 e. The number of nitrogens with zero attached hydrogens (tertiary/aromatic N) is 4. The SMILES string of the molecule is C1=Nc2ccccc2N=C2c3ccccc3N=CN12. The summed E-state index contributed by atoms with van der Waals surface area (Å²) in [5.41, 5.74) is 3.70. The summed E-state index contributed by atoms with van der Waals surface area (Å²) in [5.74, 6) is 0.860. The van der Waals surface area contributed by atoms with Crippen LogP contribution in [0.1, 0.15) is 5.56 Å². The summed E-state index contributed by atoms with van der Waals surface area (Å²) in [7, 11) is 0. The van der Waals surface area contributed by atoms with Crippen LogP contribution in [0.15, 0.2) is 63.5 Å². The number of aliphatic imine (C=N–C) groups is 3. The van der Waals surface area contributed by atoms with Crippen molar-refractivity contribution in [1.82, 2.24) is 4.90 Å². The maximum Gasteiger partial charge on any atom is 0.149 e. The normalized spacial score (nSPS) is 15.2. The van der Waals surface area contributed by atoms with Crippen LogP contribution in [0.5, 0.6) is 0 Å². The van der Waals surface area contributed by atoms with Crippen molar-refractivity contribution in [3.05, 3.63) is 54.1 Å². The molecule has 4 heteroatoms. The average molecular weight is 246 g/mol. The molecule has 0 aromatic heterocycles. The highest BCUT2D eigenvalue weighted by molar-refractivity contribution is 6.18. The maximum absolute atomic E-state index is 4.73. The van der Waals surface area contributed by atoms with E-state index in [1.165, 1.54) is 0 Å². The van der Waals surface area contributed by atoms with E-state index in [1.54, 1.807) is 12.7 Å². The van der Waals surface area contributed by atoms with E-state index in [0.29, 0.717) is 0 Å². The standard InChI is InChI=1S/C15H10N4/c1-2-6-12-11(5-1)15-18-14-8-4-3-7-13(14)17-10-19(15)9-16-12/h1-10H. The van der Waals surface area contributed by atoms with Gasteiger partial charge in [0.05, 0.1) is 17.1 Å². The molecule has 2 aromatic carbocycles. The van der Waals surface area contributed by atoms with E-state index in [1.807, 2.05) is 53.4 Å². The lowest BCUT2D eigenvalue weighted by molar-refractivity contribution is 0.949. The second-order valence-electron chi connectivity index (χ2n) is 4.34. The third kappa shape index (κ3) is 1.57. The highest BCUT2D eigenvalue weighted by Gasteiger charge is 2.20. The minimum Gasteiger partial charge on any atom is -0.274 e. The van der Waals surface area contributed by atoms with Crippen molar-refractivity contribution in [3.63, 3.8) is 0 Å². The van der Waals surface area contributed by atoms with Gasteiger partial charge in [0.25, 0.3) is 0 Å². The van der Waals surface area contributed by atoms with Crippen molar-refractivity contribution in [3.8, 4) is 0 Å². The van der Waals surface area contributed by atoms with Gasteiger partial charge in [0.1, 0.15) is 18.5 Å². The zero-order valence-corrected chi connectivity index (χ0v) is 10.1. The fraction of sp³-hybridized carbons (Fsp3) is 0. The Kier molecular flexibility index (Phi) is 2.08. The molecule has 0 N–H and O–H groups in total. The fourth-order valence-electron chi connectivity index (χ4n) is 2.20. The highest BCUT2D eigenvalue weighted by atomic mass is 15.3. The summed E-state index contributed by atoms with van der Waals surface area (Å²) in [6.45, 7) is 0. The summed E-state index contributed by atoms with van der Waals surface area (Å²) < 4.78 is 0. The second-order valence-corrected chi connectivity index (χ2v) is 4.34. The van der Waals surface area contributed by atoms with Crippen LogP contribution in [0.3, 0.4) is 0 Å². The van der Waals surface area contributed by atoms with Crippen LogP contribution in [0.2, 0.25) is 0 Å². The van der Waals surface area contributed by atoms with Crippen molar-refractivity contribution >= 4 is 35.6 Å². The summed E-state index contributed by atoms with van der Waals surface area (Å²) in [6.07, 6.45) is 3.50. The number of rotatable bonds is 0. The molecule has 0 saturated heterocycles. The number of fused-ring (bicyclic) bond motifs is 4. The van der Waals surface area contributed by atoms with Gasteiger partial charge in [0.2, 0.25) is 0 Å². The molecule has 0 fully saturated rings. The molecular weight excluding hydrogens is 236 g/mol. The second kappa shape index (κ2) is 3.88. The summed E-state index contributed by atoms with van der Waals surface area (Å²) in [6, 6.07) is 15.8. The Balaban J connectivity index is 1.98. The molecule has 0 radical (unpaired) electrons. The molecule has 2 heterocycles. The first-order chi connectivity index (χ1) is 9.42. The lowest BCUT2D eigenvalue weighted by atomic mass is 10.1. The topological polar surface area (TPSA) is 40.3 Å². The van der Waals surface area contributed by atoms with E-state index in [0.717, 1.165) is 28.5 Å². The summed E-state index contributed by atoms with van der Waals surface area (Å²) in [5, 5.41) is 0. The van der Waals surface area contributed by atoms with E-state index >= 15 is 0 Å². The van der Waals surface area contributed by atoms with Gasteiger partial charge in [-0.05, 0) is 24.3 Å². The molecule has 0 spiro atoms. The van der Waals surface area contributed by atoms with Gasteiger partial charge >= 0.3 is 0 Å². The number of amidine groups is 1. The summed E-state index contributed by atoms with van der Waals surface area (Å²) in [4.78, 5) is 15.4. The molecule has 0 aliphatic carbocycles. The Bertz CT molecular complexity index is 737. The van der Waals surface area contributed by atoms with Crippen LogP contribution >= 0.6 is 0 Å². The van der Waals surface area contributed by atoms with Crippen molar-refractivity contribution in [1.29, 1.82) is 0 Å². The van der Waals surface area contributed by atoms with E-state index in [2.05, 4.69) is 9.98 Å². The zero-order chi connectivity index (χ0) is 12.7. The van der Waals surface area contributed by atoms with Crippen LogP contribution in [-0.2, 0) is 0 Å². The van der Waals surface area contributed by atoms with Crippen LogP contribution in [0.25, 0.3) is 0 Å². The van der Waals surface area contributed by atoms with E-state index < -0.39 is 0 Å². The van der Waals surface area contributed by atoms with Gasteiger partial charge in [-0.2, -0.15) is 0 Å². The molecule has 2 aliphatic rings. The van der Waals surface area contributed by atoms with E-state index in [-0.39, 0.29) is 0 Å². The van der Waals surface area contributed by atoms with Gasteiger partial charge in [-0.3, -0.25) is 4.90 Å². The molecule has 0 bridgehead atoms. The van der Waals surface area contributed by atoms with Gasteiger partial charge in [-0.25, -0.2) is 15.0 Å². The van der Waals surface area contributed by atoms with Gasteiger partial charge in [0.15, 0.2) is 0 Å². The Labute approximate surface area is 110 Å². The Hall–Kier alpha value is -2.75. The predicted octanol–water partition coefficient (Wildman–Crippen LogP) is 3.41. The molecular formula is C15H10N4. The van der Waals surface area contributed by atoms with E-state index in [4.69, 9.17) is 4.99 Å². The molecule has 0 atom stereocenters. The zero-order valence-electron chi connectivity index (χ0n) is 10.1. The van der Waals surface area contributed by atoms with Crippen LogP contribution in [-0.4, -0.2) is 23.4 Å². The molecule has 4 rings (SSSR count). The fourth-order valence-corrected chi connectivity index (χ4v) is 2.20. The van der Waals surface area contributed by atoms with Gasteiger partial charge in [-0.15, -0.1) is 0 Å². The highest BCUT2D eigenvalue weighted by Crippen LogP contribution is 2.32. The monoisotopic (exact) mass is 246 g/mol. The van der Waals surface area contributed by atoms with Crippen LogP contribution in [0, 0.1) is 0 Å². The molecule has 90 valence electrons. The lowest BCUT2D eigenvalue weighted by Crippen LogP contribution is -2.30. The van der Waals surface area contributed by atoms with Gasteiger partial charge < -0.3 is 0 Å². The first-order valence-electron chi connectivity index (χ1n) is 6.06. The minimum atomic E-state index is 0.860. The van der Waals surface area contributed by atoms with Crippen molar-refractivity contribution in [2.24, 2.45) is 15.0 Å². The number of benzene rings is 2. The van der Waals surface area contributed by atoms with E-state index in [9.17, 15) is 0 Å². The maximum atomic E-state index is 4.73. The minimum absolute atomic E-state index is 0.860. The third-order valence-corrected chi connectivity index (χ3v) is 3.14. The molecule has 0 unspecified atom stereocenters. The van der Waals surface area contributed by atoms with Gasteiger partial charge in [-0.1, -0.05) is 24.3 Å². The molecule has 0 saturated carbocycles. The van der Waals surface area contributed by atoms with Crippen molar-refractivity contribution < 1.29 is 0 Å². The Morgan fingerprint density at radius 2 is 1.32 bits per heavy atom. The molecule has 0 amide bonds. The predicted molar refractivity (Wildman–Crippen MR) is 77.2 cm³/mol. The Morgan fingerprint density at radius 1 is 0.684 bits per heavy atom. The average Bonchev–Trinajstić information content (AvgIpc) is 2.66. The molecule has 4 nitrogen and oxygen atoms in total. The summed E-state index contributed by atoms with van der Waals surface area (Å²) >= 11 is 0. The molecule has 19 heavy (non-hydrogen) atoms. The lowest BCUT2D eigenvalue weighted by Gasteiger charge is -2.20. The van der Waals surface area contributed by atoms with Crippen molar-refractivity contribution in [2.45, 2.75) is 0 Å². The third-order valence-electron chi connectivity index (χ3n) is 3.14. The van der Waals surface area contributed by atoms with Crippen LogP contribution in [0.4, 0.5) is 17.1 Å². The number of hydrogen-bond acceptors (Lipinski definition) is 4.